The van der Waals surface area contributed by atoms with Gasteiger partial charge in [-0.05, 0) is 13.8 Å². The molecule has 1 aromatic heterocycles. The van der Waals surface area contributed by atoms with Crippen molar-refractivity contribution in [1.29, 1.82) is 0 Å². The van der Waals surface area contributed by atoms with E-state index in [1.807, 2.05) is 13.8 Å². The number of anilines is 1. The third kappa shape index (κ3) is 3.14. The summed E-state index contributed by atoms with van der Waals surface area (Å²) in [6.45, 7) is 3.81. The number of benzene rings is 1. The van der Waals surface area contributed by atoms with Gasteiger partial charge in [-0.2, -0.15) is 0 Å². The molecule has 0 saturated heterocycles. The van der Waals surface area contributed by atoms with Gasteiger partial charge in [0.15, 0.2) is 16.5 Å². The molecule has 0 atom stereocenters. The molecule has 0 fully saturated rings. The van der Waals surface area contributed by atoms with E-state index in [1.165, 1.54) is 32.7 Å². The summed E-state index contributed by atoms with van der Waals surface area (Å²) >= 11 is 1.36. The summed E-state index contributed by atoms with van der Waals surface area (Å²) in [5.74, 6) is 1.16. The SMILES string of the molecule is COc1cc(NC(=O)c2nc(C)c(C)s2)cc(OC)c1OC. The fourth-order valence-corrected chi connectivity index (χ4v) is 2.72. The van der Waals surface area contributed by atoms with Gasteiger partial charge in [0.25, 0.3) is 5.91 Å². The van der Waals surface area contributed by atoms with Crippen LogP contribution in [0.3, 0.4) is 0 Å². The summed E-state index contributed by atoms with van der Waals surface area (Å²) in [5.41, 5.74) is 1.41. The zero-order valence-electron chi connectivity index (χ0n) is 13.1. The Morgan fingerprint density at radius 2 is 1.68 bits per heavy atom. The molecule has 2 aromatic rings. The van der Waals surface area contributed by atoms with Crippen LogP contribution in [0.25, 0.3) is 0 Å². The summed E-state index contributed by atoms with van der Waals surface area (Å²) in [5, 5.41) is 3.21. The minimum absolute atomic E-state index is 0.268. The molecule has 0 bridgehead atoms. The lowest BCUT2D eigenvalue weighted by molar-refractivity contribution is 0.102. The lowest BCUT2D eigenvalue weighted by Crippen LogP contribution is -2.12. The van der Waals surface area contributed by atoms with Crippen LogP contribution < -0.4 is 19.5 Å². The number of nitrogens with zero attached hydrogens (tertiary/aromatic N) is 1. The quantitative estimate of drug-likeness (QED) is 0.916. The van der Waals surface area contributed by atoms with E-state index in [9.17, 15) is 4.79 Å². The van der Waals surface area contributed by atoms with Gasteiger partial charge in [0, 0.05) is 22.7 Å². The molecule has 0 spiro atoms. The van der Waals surface area contributed by atoms with Gasteiger partial charge in [0.1, 0.15) is 0 Å². The number of methoxy groups -OCH3 is 3. The van der Waals surface area contributed by atoms with E-state index in [0.29, 0.717) is 27.9 Å². The van der Waals surface area contributed by atoms with Crippen molar-refractivity contribution in [1.82, 2.24) is 4.98 Å². The molecule has 0 aliphatic heterocycles. The fourth-order valence-electron chi connectivity index (χ4n) is 1.91. The van der Waals surface area contributed by atoms with E-state index < -0.39 is 0 Å². The summed E-state index contributed by atoms with van der Waals surface area (Å²) < 4.78 is 15.8. The molecule has 1 N–H and O–H groups in total. The number of carbonyl (C=O) groups excluding carboxylic acids is 1. The maximum Gasteiger partial charge on any atom is 0.284 e. The highest BCUT2D eigenvalue weighted by atomic mass is 32.1. The molecule has 0 radical (unpaired) electrons. The van der Waals surface area contributed by atoms with Gasteiger partial charge in [0.05, 0.1) is 27.0 Å². The lowest BCUT2D eigenvalue weighted by Gasteiger charge is -2.14. The molecule has 22 heavy (non-hydrogen) atoms. The first kappa shape index (κ1) is 16.1. The average molecular weight is 322 g/mol. The molecule has 7 heteroatoms. The van der Waals surface area contributed by atoms with Crippen LogP contribution in [0.15, 0.2) is 12.1 Å². The van der Waals surface area contributed by atoms with E-state index in [-0.39, 0.29) is 5.91 Å². The molecule has 0 unspecified atom stereocenters. The van der Waals surface area contributed by atoms with Crippen LogP contribution >= 0.6 is 11.3 Å². The maximum atomic E-state index is 12.3. The number of rotatable bonds is 5. The molecule has 118 valence electrons. The maximum absolute atomic E-state index is 12.3. The molecule has 1 amide bonds. The normalized spacial score (nSPS) is 10.2. The molecular weight excluding hydrogens is 304 g/mol. The minimum atomic E-state index is -0.268. The summed E-state index contributed by atoms with van der Waals surface area (Å²) in [4.78, 5) is 17.5. The van der Waals surface area contributed by atoms with Gasteiger partial charge in [0.2, 0.25) is 5.75 Å². The Bertz CT molecular complexity index is 652. The first-order chi connectivity index (χ1) is 10.5. The summed E-state index contributed by atoms with van der Waals surface area (Å²) in [7, 11) is 4.58. The Balaban J connectivity index is 2.31. The van der Waals surface area contributed by atoms with Crippen molar-refractivity contribution in [3.63, 3.8) is 0 Å². The Hall–Kier alpha value is -2.28. The highest BCUT2D eigenvalue weighted by Gasteiger charge is 2.17. The Morgan fingerprint density at radius 3 is 2.09 bits per heavy atom. The Kier molecular flexibility index (Phi) is 4.87. The van der Waals surface area contributed by atoms with Gasteiger partial charge < -0.3 is 19.5 Å². The standard InChI is InChI=1S/C15H18N2O4S/c1-8-9(2)22-15(16-8)14(18)17-10-6-11(19-3)13(21-5)12(7-10)20-4/h6-7H,1-5H3,(H,17,18). The number of nitrogens with one attached hydrogen (secondary N) is 1. The Labute approximate surface area is 133 Å². The van der Waals surface area contributed by atoms with E-state index in [4.69, 9.17) is 14.2 Å². The largest absolute Gasteiger partial charge is 0.493 e. The number of aryl methyl sites for hydroxylation is 2. The Morgan fingerprint density at radius 1 is 1.09 bits per heavy atom. The van der Waals surface area contributed by atoms with Crippen molar-refractivity contribution >= 4 is 22.9 Å². The highest BCUT2D eigenvalue weighted by molar-refractivity contribution is 7.13. The minimum Gasteiger partial charge on any atom is -0.493 e. The predicted octanol–water partition coefficient (Wildman–Crippen LogP) is 3.04. The first-order valence-corrected chi connectivity index (χ1v) is 7.37. The van der Waals surface area contributed by atoms with E-state index in [2.05, 4.69) is 10.3 Å². The molecule has 1 heterocycles. The van der Waals surface area contributed by atoms with Crippen LogP contribution in [0.1, 0.15) is 20.4 Å². The van der Waals surface area contributed by atoms with Crippen molar-refractivity contribution < 1.29 is 19.0 Å². The number of amides is 1. The lowest BCUT2D eigenvalue weighted by atomic mass is 10.2. The molecule has 1 aromatic carbocycles. The van der Waals surface area contributed by atoms with Crippen LogP contribution in [0.5, 0.6) is 17.2 Å². The fraction of sp³-hybridized carbons (Fsp3) is 0.333. The van der Waals surface area contributed by atoms with Crippen molar-refractivity contribution in [2.24, 2.45) is 0 Å². The molecule has 6 nitrogen and oxygen atoms in total. The molecule has 0 saturated carbocycles. The van der Waals surface area contributed by atoms with Crippen molar-refractivity contribution in [3.05, 3.63) is 27.7 Å². The van der Waals surface area contributed by atoms with Gasteiger partial charge in [-0.25, -0.2) is 4.98 Å². The predicted molar refractivity (Wildman–Crippen MR) is 85.6 cm³/mol. The monoisotopic (exact) mass is 322 g/mol. The second-order valence-corrected chi connectivity index (χ2v) is 5.73. The van der Waals surface area contributed by atoms with Crippen molar-refractivity contribution in [3.8, 4) is 17.2 Å². The smallest absolute Gasteiger partial charge is 0.284 e. The van der Waals surface area contributed by atoms with Crippen LogP contribution in [-0.4, -0.2) is 32.2 Å². The van der Waals surface area contributed by atoms with E-state index in [1.54, 1.807) is 12.1 Å². The molecular formula is C15H18N2O4S. The third-order valence-corrected chi connectivity index (χ3v) is 4.22. The third-order valence-electron chi connectivity index (χ3n) is 3.15. The molecule has 0 aliphatic rings. The molecule has 0 aliphatic carbocycles. The topological polar surface area (TPSA) is 69.7 Å². The van der Waals surface area contributed by atoms with Crippen LogP contribution in [-0.2, 0) is 0 Å². The number of hydrogen-bond acceptors (Lipinski definition) is 6. The summed E-state index contributed by atoms with van der Waals surface area (Å²) in [6, 6.07) is 3.35. The van der Waals surface area contributed by atoms with Crippen LogP contribution in [0, 0.1) is 13.8 Å². The van der Waals surface area contributed by atoms with E-state index >= 15 is 0 Å². The average Bonchev–Trinajstić information content (AvgIpc) is 2.85. The highest BCUT2D eigenvalue weighted by Crippen LogP contribution is 2.40. The van der Waals surface area contributed by atoms with Gasteiger partial charge in [-0.15, -0.1) is 11.3 Å². The van der Waals surface area contributed by atoms with Gasteiger partial charge in [-0.1, -0.05) is 0 Å². The second-order valence-electron chi connectivity index (χ2n) is 4.53. The second kappa shape index (κ2) is 6.65. The van der Waals surface area contributed by atoms with Crippen LogP contribution in [0.4, 0.5) is 5.69 Å². The summed E-state index contributed by atoms with van der Waals surface area (Å²) in [6.07, 6.45) is 0. The number of hydrogen-bond donors (Lipinski definition) is 1. The number of carbonyl (C=O) groups is 1. The first-order valence-electron chi connectivity index (χ1n) is 6.55. The van der Waals surface area contributed by atoms with Gasteiger partial charge >= 0.3 is 0 Å². The zero-order valence-corrected chi connectivity index (χ0v) is 14.0. The van der Waals surface area contributed by atoms with E-state index in [0.717, 1.165) is 10.6 Å². The molecule has 2 rings (SSSR count). The number of thiazole rings is 1. The van der Waals surface area contributed by atoms with Crippen LogP contribution in [0.2, 0.25) is 0 Å². The zero-order chi connectivity index (χ0) is 16.3. The number of aromatic nitrogens is 1. The van der Waals surface area contributed by atoms with Gasteiger partial charge in [-0.3, -0.25) is 4.79 Å². The van der Waals surface area contributed by atoms with Crippen molar-refractivity contribution in [2.45, 2.75) is 13.8 Å². The van der Waals surface area contributed by atoms with Crippen molar-refractivity contribution in [2.75, 3.05) is 26.6 Å². The number of ether oxygens (including phenoxy) is 3.